The number of rotatable bonds is 2. The van der Waals surface area contributed by atoms with Gasteiger partial charge in [0, 0.05) is 28.1 Å². The van der Waals surface area contributed by atoms with E-state index in [1.165, 1.54) is 6.07 Å². The molecule has 0 bridgehead atoms. The summed E-state index contributed by atoms with van der Waals surface area (Å²) < 4.78 is 16.0. The quantitative estimate of drug-likeness (QED) is 0.591. The van der Waals surface area contributed by atoms with E-state index >= 15 is 0 Å². The highest BCUT2D eigenvalue weighted by Gasteiger charge is 2.00. The number of nitrogens with zero attached hydrogens (tertiary/aromatic N) is 1. The van der Waals surface area contributed by atoms with Gasteiger partial charge in [0.15, 0.2) is 0 Å². The Hall–Kier alpha value is -0.580. The zero-order valence-electron chi connectivity index (χ0n) is 7.00. The molecule has 0 N–H and O–H groups in total. The Balaban J connectivity index is 2.55. The standard InChI is InChI=1S/C10H9FIN/c11-9-1-2-10-8(7-9)3-5-13(10)6-4-12/h1-3,5,7H,4,6H2. The molecule has 0 amide bonds. The van der Waals surface area contributed by atoms with Gasteiger partial charge >= 0.3 is 0 Å². The molecule has 0 aliphatic carbocycles. The summed E-state index contributed by atoms with van der Waals surface area (Å²) in [6.07, 6.45) is 2.00. The van der Waals surface area contributed by atoms with Gasteiger partial charge in [0.2, 0.25) is 0 Å². The van der Waals surface area contributed by atoms with Crippen LogP contribution in [0.4, 0.5) is 4.39 Å². The van der Waals surface area contributed by atoms with Crippen LogP contribution in [0.3, 0.4) is 0 Å². The van der Waals surface area contributed by atoms with Gasteiger partial charge < -0.3 is 4.57 Å². The van der Waals surface area contributed by atoms with Crippen molar-refractivity contribution in [3.05, 3.63) is 36.3 Å². The average molecular weight is 289 g/mol. The van der Waals surface area contributed by atoms with Crippen LogP contribution in [0.1, 0.15) is 0 Å². The number of halogens is 2. The highest BCUT2D eigenvalue weighted by atomic mass is 127. The van der Waals surface area contributed by atoms with Crippen LogP contribution in [0.5, 0.6) is 0 Å². The number of hydrogen-bond donors (Lipinski definition) is 0. The molecule has 0 aliphatic rings. The molecule has 2 aromatic rings. The van der Waals surface area contributed by atoms with Gasteiger partial charge in [-0.3, -0.25) is 0 Å². The van der Waals surface area contributed by atoms with Crippen LogP contribution in [-0.2, 0) is 6.54 Å². The monoisotopic (exact) mass is 289 g/mol. The third kappa shape index (κ3) is 1.70. The van der Waals surface area contributed by atoms with E-state index < -0.39 is 0 Å². The third-order valence-corrected chi connectivity index (χ3v) is 2.54. The largest absolute Gasteiger partial charge is 0.347 e. The van der Waals surface area contributed by atoms with Gasteiger partial charge in [-0.15, -0.1) is 0 Å². The number of aromatic nitrogens is 1. The molecule has 68 valence electrons. The molecule has 1 aromatic carbocycles. The van der Waals surface area contributed by atoms with Crippen molar-refractivity contribution in [2.24, 2.45) is 0 Å². The SMILES string of the molecule is Fc1ccc2c(ccn2CCI)c1. The Morgan fingerprint density at radius 3 is 2.92 bits per heavy atom. The normalized spacial score (nSPS) is 10.9. The van der Waals surface area contributed by atoms with Crippen LogP contribution in [0.15, 0.2) is 30.5 Å². The molecular weight excluding hydrogens is 280 g/mol. The Morgan fingerprint density at radius 2 is 2.15 bits per heavy atom. The minimum atomic E-state index is -0.167. The predicted octanol–water partition coefficient (Wildman–Crippen LogP) is 3.22. The number of fused-ring (bicyclic) bond motifs is 1. The first-order valence-electron chi connectivity index (χ1n) is 4.11. The fourth-order valence-electron chi connectivity index (χ4n) is 1.46. The van der Waals surface area contributed by atoms with Gasteiger partial charge in [0.05, 0.1) is 0 Å². The molecule has 0 radical (unpaired) electrons. The lowest BCUT2D eigenvalue weighted by atomic mass is 10.2. The molecule has 0 saturated heterocycles. The molecule has 2 rings (SSSR count). The van der Waals surface area contributed by atoms with Crippen LogP contribution in [0.2, 0.25) is 0 Å². The zero-order chi connectivity index (χ0) is 9.26. The molecule has 0 fully saturated rings. The topological polar surface area (TPSA) is 4.93 Å². The average Bonchev–Trinajstić information content (AvgIpc) is 2.49. The molecule has 0 unspecified atom stereocenters. The predicted molar refractivity (Wildman–Crippen MR) is 60.8 cm³/mol. The van der Waals surface area contributed by atoms with Crippen LogP contribution in [-0.4, -0.2) is 8.99 Å². The zero-order valence-corrected chi connectivity index (χ0v) is 9.16. The van der Waals surface area contributed by atoms with Crippen LogP contribution < -0.4 is 0 Å². The van der Waals surface area contributed by atoms with Crippen molar-refractivity contribution in [1.29, 1.82) is 0 Å². The summed E-state index contributed by atoms with van der Waals surface area (Å²) in [4.78, 5) is 0. The molecule has 0 aliphatic heterocycles. The second-order valence-electron chi connectivity index (χ2n) is 2.90. The van der Waals surface area contributed by atoms with Crippen molar-refractivity contribution in [2.45, 2.75) is 6.54 Å². The Bertz CT molecular complexity index is 422. The van der Waals surface area contributed by atoms with E-state index in [0.29, 0.717) is 0 Å². The second kappa shape index (κ2) is 3.65. The molecule has 0 atom stereocenters. The third-order valence-electron chi connectivity index (χ3n) is 2.06. The van der Waals surface area contributed by atoms with Crippen molar-refractivity contribution >= 4 is 33.5 Å². The van der Waals surface area contributed by atoms with Gasteiger partial charge in [0.25, 0.3) is 0 Å². The first-order chi connectivity index (χ1) is 6.31. The maximum Gasteiger partial charge on any atom is 0.123 e. The highest BCUT2D eigenvalue weighted by molar-refractivity contribution is 14.1. The maximum absolute atomic E-state index is 12.8. The summed E-state index contributed by atoms with van der Waals surface area (Å²) in [5.74, 6) is -0.167. The maximum atomic E-state index is 12.8. The van der Waals surface area contributed by atoms with Crippen LogP contribution in [0.25, 0.3) is 10.9 Å². The van der Waals surface area contributed by atoms with Crippen molar-refractivity contribution < 1.29 is 4.39 Å². The van der Waals surface area contributed by atoms with Crippen LogP contribution in [0, 0.1) is 5.82 Å². The van der Waals surface area contributed by atoms with E-state index in [9.17, 15) is 4.39 Å². The fraction of sp³-hybridized carbons (Fsp3) is 0.200. The molecule has 1 aromatic heterocycles. The second-order valence-corrected chi connectivity index (χ2v) is 3.98. The summed E-state index contributed by atoms with van der Waals surface area (Å²) in [5, 5.41) is 0.977. The smallest absolute Gasteiger partial charge is 0.123 e. The molecular formula is C10H9FIN. The van der Waals surface area contributed by atoms with Gasteiger partial charge in [-0.2, -0.15) is 0 Å². The lowest BCUT2D eigenvalue weighted by Crippen LogP contribution is -1.95. The summed E-state index contributed by atoms with van der Waals surface area (Å²) in [6, 6.07) is 6.85. The lowest BCUT2D eigenvalue weighted by Gasteiger charge is -2.01. The number of alkyl halides is 1. The van der Waals surface area contributed by atoms with E-state index in [-0.39, 0.29) is 5.82 Å². The summed E-state index contributed by atoms with van der Waals surface area (Å²) in [5.41, 5.74) is 1.11. The summed E-state index contributed by atoms with van der Waals surface area (Å²) in [7, 11) is 0. The van der Waals surface area contributed by atoms with Crippen molar-refractivity contribution in [3.8, 4) is 0 Å². The highest BCUT2D eigenvalue weighted by Crippen LogP contribution is 2.16. The van der Waals surface area contributed by atoms with E-state index in [1.54, 1.807) is 6.07 Å². The first kappa shape index (κ1) is 8.99. The van der Waals surface area contributed by atoms with E-state index in [4.69, 9.17) is 0 Å². The van der Waals surface area contributed by atoms with Gasteiger partial charge in [-0.25, -0.2) is 4.39 Å². The summed E-state index contributed by atoms with van der Waals surface area (Å²) >= 11 is 2.33. The minimum Gasteiger partial charge on any atom is -0.347 e. The van der Waals surface area contributed by atoms with E-state index in [2.05, 4.69) is 27.2 Å². The van der Waals surface area contributed by atoms with Gasteiger partial charge in [0.1, 0.15) is 5.82 Å². The van der Waals surface area contributed by atoms with Gasteiger partial charge in [-0.05, 0) is 24.3 Å². The van der Waals surface area contributed by atoms with Crippen molar-refractivity contribution in [1.82, 2.24) is 4.57 Å². The molecule has 1 heterocycles. The fourth-order valence-corrected chi connectivity index (χ4v) is 1.98. The van der Waals surface area contributed by atoms with E-state index in [0.717, 1.165) is 21.9 Å². The Kier molecular flexibility index (Phi) is 2.53. The van der Waals surface area contributed by atoms with Crippen LogP contribution >= 0.6 is 22.6 Å². The first-order valence-corrected chi connectivity index (χ1v) is 5.64. The van der Waals surface area contributed by atoms with E-state index in [1.807, 2.05) is 18.3 Å². The summed E-state index contributed by atoms with van der Waals surface area (Å²) in [6.45, 7) is 0.982. The molecule has 1 nitrogen and oxygen atoms in total. The number of aryl methyl sites for hydroxylation is 1. The number of benzene rings is 1. The van der Waals surface area contributed by atoms with Crippen molar-refractivity contribution in [2.75, 3.05) is 4.43 Å². The van der Waals surface area contributed by atoms with Crippen molar-refractivity contribution in [3.63, 3.8) is 0 Å². The Labute approximate surface area is 89.7 Å². The molecule has 0 saturated carbocycles. The molecule has 3 heteroatoms. The minimum absolute atomic E-state index is 0.167. The molecule has 0 spiro atoms. The van der Waals surface area contributed by atoms with Gasteiger partial charge in [-0.1, -0.05) is 22.6 Å². The molecule has 13 heavy (non-hydrogen) atoms. The number of hydrogen-bond acceptors (Lipinski definition) is 0. The lowest BCUT2D eigenvalue weighted by molar-refractivity contribution is 0.629. The Morgan fingerprint density at radius 1 is 1.31 bits per heavy atom.